The summed E-state index contributed by atoms with van der Waals surface area (Å²) < 4.78 is 0. The molecule has 1 amide bonds. The minimum Gasteiger partial charge on any atom is -0.481 e. The molecule has 0 unspecified atom stereocenters. The summed E-state index contributed by atoms with van der Waals surface area (Å²) in [5.74, 6) is -1.25. The molecule has 0 atom stereocenters. The Hall–Kier alpha value is -1.43. The van der Waals surface area contributed by atoms with Crippen LogP contribution < -0.4 is 0 Å². The number of nitrogens with zero attached hydrogens (tertiary/aromatic N) is 2. The molecule has 1 aromatic heterocycles. The van der Waals surface area contributed by atoms with Gasteiger partial charge in [0.25, 0.3) is 0 Å². The number of rotatable bonds is 3. The molecular formula is C10H12N2O3S. The van der Waals surface area contributed by atoms with Crippen LogP contribution in [0.4, 0.5) is 0 Å². The minimum absolute atomic E-state index is 0.0391. The summed E-state index contributed by atoms with van der Waals surface area (Å²) in [6.07, 6.45) is 0.274. The first-order valence-corrected chi connectivity index (χ1v) is 5.86. The standard InChI is InChI=1S/C10H12N2O3S/c1-6-11-8(5-16-6)2-9(13)12-3-7(4-12)10(14)15/h5,7H,2-4H2,1H3,(H,14,15). The van der Waals surface area contributed by atoms with Crippen LogP contribution in [0.15, 0.2) is 5.38 Å². The highest BCUT2D eigenvalue weighted by Gasteiger charge is 2.35. The Labute approximate surface area is 96.7 Å². The molecule has 0 aliphatic carbocycles. The molecule has 0 aromatic carbocycles. The molecule has 2 rings (SSSR count). The Kier molecular flexibility index (Phi) is 2.91. The van der Waals surface area contributed by atoms with Crippen molar-refractivity contribution in [3.05, 3.63) is 16.1 Å². The zero-order valence-corrected chi connectivity index (χ0v) is 9.66. The summed E-state index contributed by atoms with van der Waals surface area (Å²) in [5, 5.41) is 11.5. The predicted molar refractivity (Wildman–Crippen MR) is 58.3 cm³/mol. The van der Waals surface area contributed by atoms with Gasteiger partial charge in [-0.25, -0.2) is 4.98 Å². The zero-order valence-electron chi connectivity index (χ0n) is 8.84. The number of carboxylic acids is 1. The quantitative estimate of drug-likeness (QED) is 0.837. The van der Waals surface area contributed by atoms with Gasteiger partial charge in [-0.05, 0) is 6.92 Å². The number of hydrogen-bond acceptors (Lipinski definition) is 4. The van der Waals surface area contributed by atoms with E-state index in [1.807, 2.05) is 12.3 Å². The highest BCUT2D eigenvalue weighted by atomic mass is 32.1. The maximum absolute atomic E-state index is 11.7. The van der Waals surface area contributed by atoms with E-state index in [0.29, 0.717) is 13.1 Å². The van der Waals surface area contributed by atoms with Gasteiger partial charge in [-0.1, -0.05) is 0 Å². The highest BCUT2D eigenvalue weighted by molar-refractivity contribution is 7.09. The van der Waals surface area contributed by atoms with Crippen molar-refractivity contribution in [2.45, 2.75) is 13.3 Å². The van der Waals surface area contributed by atoms with E-state index in [2.05, 4.69) is 4.98 Å². The van der Waals surface area contributed by atoms with Gasteiger partial charge in [-0.3, -0.25) is 9.59 Å². The molecule has 16 heavy (non-hydrogen) atoms. The Balaban J connectivity index is 1.84. The first-order chi connectivity index (χ1) is 7.56. The fraction of sp³-hybridized carbons (Fsp3) is 0.500. The number of aryl methyl sites for hydroxylation is 1. The molecule has 5 nitrogen and oxygen atoms in total. The van der Waals surface area contributed by atoms with Crippen molar-refractivity contribution < 1.29 is 14.7 Å². The van der Waals surface area contributed by atoms with E-state index in [-0.39, 0.29) is 18.2 Å². The number of thiazole rings is 1. The summed E-state index contributed by atoms with van der Waals surface area (Å²) in [6.45, 7) is 2.55. The molecule has 0 bridgehead atoms. The fourth-order valence-electron chi connectivity index (χ4n) is 1.59. The summed E-state index contributed by atoms with van der Waals surface area (Å²) in [5.41, 5.74) is 0.770. The predicted octanol–water partition coefficient (Wildman–Crippen LogP) is 0.537. The summed E-state index contributed by atoms with van der Waals surface area (Å²) >= 11 is 1.51. The lowest BCUT2D eigenvalue weighted by Crippen LogP contribution is -2.53. The van der Waals surface area contributed by atoms with Crippen molar-refractivity contribution in [1.29, 1.82) is 0 Å². The molecule has 1 aliphatic rings. The number of likely N-dealkylation sites (tertiary alicyclic amines) is 1. The van der Waals surface area contributed by atoms with E-state index in [1.165, 1.54) is 11.3 Å². The van der Waals surface area contributed by atoms with Crippen LogP contribution in [0.5, 0.6) is 0 Å². The average Bonchev–Trinajstić information content (AvgIpc) is 2.47. The molecule has 1 aliphatic heterocycles. The molecule has 1 saturated heterocycles. The van der Waals surface area contributed by atoms with Gasteiger partial charge in [0.15, 0.2) is 0 Å². The molecular weight excluding hydrogens is 228 g/mol. The molecule has 0 spiro atoms. The number of carboxylic acid groups (broad SMARTS) is 1. The second-order valence-electron chi connectivity index (χ2n) is 3.87. The van der Waals surface area contributed by atoms with Crippen molar-refractivity contribution in [2.75, 3.05) is 13.1 Å². The molecule has 1 aromatic rings. The lowest BCUT2D eigenvalue weighted by Gasteiger charge is -2.36. The molecule has 2 heterocycles. The first kappa shape index (κ1) is 11.1. The van der Waals surface area contributed by atoms with Crippen LogP contribution in [-0.2, 0) is 16.0 Å². The van der Waals surface area contributed by atoms with Gasteiger partial charge < -0.3 is 10.0 Å². The minimum atomic E-state index is -0.825. The van der Waals surface area contributed by atoms with E-state index in [0.717, 1.165) is 10.7 Å². The SMILES string of the molecule is Cc1nc(CC(=O)N2CC(C(=O)O)C2)cs1. The second-order valence-corrected chi connectivity index (χ2v) is 4.93. The zero-order chi connectivity index (χ0) is 11.7. The van der Waals surface area contributed by atoms with Gasteiger partial charge in [0.2, 0.25) is 5.91 Å². The van der Waals surface area contributed by atoms with Crippen LogP contribution >= 0.6 is 11.3 Å². The summed E-state index contributed by atoms with van der Waals surface area (Å²) in [6, 6.07) is 0. The smallest absolute Gasteiger partial charge is 0.310 e. The van der Waals surface area contributed by atoms with Gasteiger partial charge in [0, 0.05) is 18.5 Å². The van der Waals surface area contributed by atoms with E-state index in [9.17, 15) is 9.59 Å². The highest BCUT2D eigenvalue weighted by Crippen LogP contribution is 2.17. The lowest BCUT2D eigenvalue weighted by molar-refractivity contribution is -0.152. The van der Waals surface area contributed by atoms with Crippen LogP contribution in [0.25, 0.3) is 0 Å². The van der Waals surface area contributed by atoms with Crippen LogP contribution in [0.1, 0.15) is 10.7 Å². The number of aliphatic carboxylic acids is 1. The van der Waals surface area contributed by atoms with Gasteiger partial charge >= 0.3 is 5.97 Å². The normalized spacial score (nSPS) is 15.9. The maximum atomic E-state index is 11.7. The second kappa shape index (κ2) is 4.21. The van der Waals surface area contributed by atoms with E-state index >= 15 is 0 Å². The van der Waals surface area contributed by atoms with Crippen LogP contribution in [-0.4, -0.2) is 40.0 Å². The van der Waals surface area contributed by atoms with E-state index in [4.69, 9.17) is 5.11 Å². The van der Waals surface area contributed by atoms with Crippen LogP contribution in [0.2, 0.25) is 0 Å². The number of hydrogen-bond donors (Lipinski definition) is 1. The number of carbonyl (C=O) groups is 2. The monoisotopic (exact) mass is 240 g/mol. The average molecular weight is 240 g/mol. The van der Waals surface area contributed by atoms with Gasteiger partial charge in [0.1, 0.15) is 0 Å². The molecule has 0 radical (unpaired) electrons. The Morgan fingerprint density at radius 1 is 1.62 bits per heavy atom. The van der Waals surface area contributed by atoms with E-state index in [1.54, 1.807) is 4.90 Å². The van der Waals surface area contributed by atoms with E-state index < -0.39 is 5.97 Å². The number of amides is 1. The fourth-order valence-corrected chi connectivity index (χ4v) is 2.21. The van der Waals surface area contributed by atoms with Crippen LogP contribution in [0, 0.1) is 12.8 Å². The third kappa shape index (κ3) is 2.21. The topological polar surface area (TPSA) is 70.5 Å². The van der Waals surface area contributed by atoms with Crippen molar-refractivity contribution >= 4 is 23.2 Å². The Bertz CT molecular complexity index is 423. The number of carbonyl (C=O) groups excluding carboxylic acids is 1. The largest absolute Gasteiger partial charge is 0.481 e. The van der Waals surface area contributed by atoms with Crippen molar-refractivity contribution in [3.8, 4) is 0 Å². The van der Waals surface area contributed by atoms with Crippen molar-refractivity contribution in [2.24, 2.45) is 5.92 Å². The summed E-state index contributed by atoms with van der Waals surface area (Å²) in [7, 11) is 0. The molecule has 0 saturated carbocycles. The third-order valence-electron chi connectivity index (χ3n) is 2.58. The van der Waals surface area contributed by atoms with Gasteiger partial charge in [-0.15, -0.1) is 11.3 Å². The van der Waals surface area contributed by atoms with Crippen molar-refractivity contribution in [3.63, 3.8) is 0 Å². The maximum Gasteiger partial charge on any atom is 0.310 e. The van der Waals surface area contributed by atoms with Crippen molar-refractivity contribution in [1.82, 2.24) is 9.88 Å². The van der Waals surface area contributed by atoms with Gasteiger partial charge in [0.05, 0.1) is 23.0 Å². The molecule has 86 valence electrons. The lowest BCUT2D eigenvalue weighted by atomic mass is 10.00. The number of aromatic nitrogens is 1. The van der Waals surface area contributed by atoms with Gasteiger partial charge in [-0.2, -0.15) is 0 Å². The van der Waals surface area contributed by atoms with Crippen LogP contribution in [0.3, 0.4) is 0 Å². The Morgan fingerprint density at radius 2 is 2.31 bits per heavy atom. The third-order valence-corrected chi connectivity index (χ3v) is 3.40. The molecule has 6 heteroatoms. The Morgan fingerprint density at radius 3 is 2.81 bits per heavy atom. The summed E-state index contributed by atoms with van der Waals surface area (Å²) in [4.78, 5) is 28.0. The first-order valence-electron chi connectivity index (χ1n) is 4.98. The molecule has 1 fully saturated rings. The molecule has 1 N–H and O–H groups in total.